The number of alkyl halides is 1. The number of halogens is 1. The van der Waals surface area contributed by atoms with Gasteiger partial charge in [-0.1, -0.05) is 59.3 Å². The molecule has 0 aliphatic carbocycles. The Morgan fingerprint density at radius 3 is 2.30 bits per heavy atom. The maximum Gasteiger partial charge on any atom is 0.120 e. The zero-order valence-corrected chi connectivity index (χ0v) is 13.9. The third-order valence-corrected chi connectivity index (χ3v) is 4.26. The average molecular weight is 333 g/mol. The Balaban J connectivity index is 2.20. The molecule has 2 heteroatoms. The lowest BCUT2D eigenvalue weighted by Gasteiger charge is -2.14. The van der Waals surface area contributed by atoms with Crippen molar-refractivity contribution in [3.63, 3.8) is 0 Å². The Hall–Kier alpha value is -1.28. The van der Waals surface area contributed by atoms with Crippen LogP contribution in [0.25, 0.3) is 0 Å². The normalized spacial score (nSPS) is 12.4. The summed E-state index contributed by atoms with van der Waals surface area (Å²) in [5.74, 6) is 0.923. The summed E-state index contributed by atoms with van der Waals surface area (Å²) in [5.41, 5.74) is 3.85. The highest BCUT2D eigenvalue weighted by molar-refractivity contribution is 9.09. The molecule has 2 rings (SSSR count). The van der Waals surface area contributed by atoms with Crippen LogP contribution in [0.15, 0.2) is 48.5 Å². The number of hydrogen-bond acceptors (Lipinski definition) is 1. The van der Waals surface area contributed by atoms with Gasteiger partial charge < -0.3 is 4.74 Å². The molecular formula is C18H21BrO. The van der Waals surface area contributed by atoms with Crippen LogP contribution in [0.5, 0.6) is 5.75 Å². The fourth-order valence-electron chi connectivity index (χ4n) is 2.13. The van der Waals surface area contributed by atoms with E-state index < -0.39 is 0 Å². The van der Waals surface area contributed by atoms with E-state index in [1.807, 2.05) is 26.0 Å². The summed E-state index contributed by atoms with van der Waals surface area (Å²) in [6, 6.07) is 17.0. The molecule has 0 aliphatic heterocycles. The third-order valence-electron chi connectivity index (χ3n) is 3.20. The Morgan fingerprint density at radius 1 is 1.00 bits per heavy atom. The molecule has 0 N–H and O–H groups in total. The minimum atomic E-state index is 0.197. The van der Waals surface area contributed by atoms with Crippen molar-refractivity contribution in [1.82, 2.24) is 0 Å². The van der Waals surface area contributed by atoms with Crippen LogP contribution in [0.2, 0.25) is 0 Å². The molecule has 0 saturated heterocycles. The van der Waals surface area contributed by atoms with Crippen LogP contribution in [-0.2, 0) is 6.42 Å². The highest BCUT2D eigenvalue weighted by Crippen LogP contribution is 2.32. The molecular weight excluding hydrogens is 312 g/mol. The molecule has 1 nitrogen and oxygen atoms in total. The maximum atomic E-state index is 5.76. The van der Waals surface area contributed by atoms with Crippen molar-refractivity contribution < 1.29 is 4.74 Å². The van der Waals surface area contributed by atoms with E-state index in [-0.39, 0.29) is 10.9 Å². The van der Waals surface area contributed by atoms with Crippen LogP contribution >= 0.6 is 15.9 Å². The zero-order valence-electron chi connectivity index (χ0n) is 12.3. The Kier molecular flexibility index (Phi) is 5.24. The Morgan fingerprint density at radius 2 is 1.70 bits per heavy atom. The number of aryl methyl sites for hydroxylation is 1. The molecule has 1 unspecified atom stereocenters. The van der Waals surface area contributed by atoms with Crippen molar-refractivity contribution in [3.8, 4) is 5.75 Å². The molecule has 0 aliphatic rings. The van der Waals surface area contributed by atoms with Crippen LogP contribution in [0.4, 0.5) is 0 Å². The molecule has 106 valence electrons. The van der Waals surface area contributed by atoms with Gasteiger partial charge in [0.25, 0.3) is 0 Å². The standard InChI is InChI=1S/C18H21BrO/c1-4-14-8-10-15(11-9-14)18(19)16-6-5-7-17(12-16)20-13(2)3/h5-13,18H,4H2,1-3H3. The van der Waals surface area contributed by atoms with Crippen LogP contribution in [0.1, 0.15) is 42.3 Å². The molecule has 0 bridgehead atoms. The molecule has 2 aromatic carbocycles. The van der Waals surface area contributed by atoms with E-state index >= 15 is 0 Å². The Labute approximate surface area is 130 Å². The predicted octanol–water partition coefficient (Wildman–Crippen LogP) is 5.52. The summed E-state index contributed by atoms with van der Waals surface area (Å²) >= 11 is 3.79. The first-order chi connectivity index (χ1) is 9.60. The first kappa shape index (κ1) is 15.1. The van der Waals surface area contributed by atoms with Crippen LogP contribution in [0.3, 0.4) is 0 Å². The minimum Gasteiger partial charge on any atom is -0.491 e. The van der Waals surface area contributed by atoms with E-state index in [0.717, 1.165) is 12.2 Å². The number of ether oxygens (including phenoxy) is 1. The van der Waals surface area contributed by atoms with Gasteiger partial charge >= 0.3 is 0 Å². The summed E-state index contributed by atoms with van der Waals surface area (Å²) in [7, 11) is 0. The molecule has 0 heterocycles. The van der Waals surface area contributed by atoms with E-state index in [4.69, 9.17) is 4.74 Å². The summed E-state index contributed by atoms with van der Waals surface area (Å²) in [5, 5.41) is 0. The summed E-state index contributed by atoms with van der Waals surface area (Å²) in [4.78, 5) is 0.198. The topological polar surface area (TPSA) is 9.23 Å². The lowest BCUT2D eigenvalue weighted by molar-refractivity contribution is 0.242. The molecule has 0 spiro atoms. The molecule has 0 amide bonds. The second kappa shape index (κ2) is 6.94. The van der Waals surface area contributed by atoms with Gasteiger partial charge in [-0.05, 0) is 49.1 Å². The van der Waals surface area contributed by atoms with Gasteiger partial charge in [0.05, 0.1) is 10.9 Å². The summed E-state index contributed by atoms with van der Waals surface area (Å²) < 4.78 is 5.76. The first-order valence-corrected chi connectivity index (χ1v) is 8.01. The minimum absolute atomic E-state index is 0.197. The molecule has 2 aromatic rings. The van der Waals surface area contributed by atoms with Crippen molar-refractivity contribution in [2.75, 3.05) is 0 Å². The van der Waals surface area contributed by atoms with Crippen molar-refractivity contribution >= 4 is 15.9 Å². The van der Waals surface area contributed by atoms with E-state index in [9.17, 15) is 0 Å². The highest BCUT2D eigenvalue weighted by atomic mass is 79.9. The summed E-state index contributed by atoms with van der Waals surface area (Å²) in [6.07, 6.45) is 1.27. The van der Waals surface area contributed by atoms with E-state index in [0.29, 0.717) is 0 Å². The van der Waals surface area contributed by atoms with Gasteiger partial charge in [0.2, 0.25) is 0 Å². The lowest BCUT2D eigenvalue weighted by Crippen LogP contribution is -2.05. The van der Waals surface area contributed by atoms with Gasteiger partial charge in [-0.2, -0.15) is 0 Å². The zero-order chi connectivity index (χ0) is 14.5. The van der Waals surface area contributed by atoms with Gasteiger partial charge in [0.15, 0.2) is 0 Å². The number of hydrogen-bond donors (Lipinski definition) is 0. The number of rotatable bonds is 5. The fraction of sp³-hybridized carbons (Fsp3) is 0.333. The van der Waals surface area contributed by atoms with Crippen molar-refractivity contribution in [2.45, 2.75) is 38.1 Å². The molecule has 0 radical (unpaired) electrons. The van der Waals surface area contributed by atoms with Gasteiger partial charge in [0, 0.05) is 0 Å². The smallest absolute Gasteiger partial charge is 0.120 e. The van der Waals surface area contributed by atoms with Crippen LogP contribution in [-0.4, -0.2) is 6.10 Å². The van der Waals surface area contributed by atoms with Crippen LogP contribution < -0.4 is 4.74 Å². The SMILES string of the molecule is CCc1ccc(C(Br)c2cccc(OC(C)C)c2)cc1. The number of benzene rings is 2. The van der Waals surface area contributed by atoms with Gasteiger partial charge in [-0.15, -0.1) is 0 Å². The second-order valence-corrected chi connectivity index (χ2v) is 6.11. The molecule has 0 fully saturated rings. The fourth-order valence-corrected chi connectivity index (χ4v) is 2.72. The molecule has 0 aromatic heterocycles. The quantitative estimate of drug-likeness (QED) is 0.655. The van der Waals surface area contributed by atoms with Gasteiger partial charge in [-0.25, -0.2) is 0 Å². The Bertz CT molecular complexity index is 546. The summed E-state index contributed by atoms with van der Waals surface area (Å²) in [6.45, 7) is 6.26. The van der Waals surface area contributed by atoms with E-state index in [1.54, 1.807) is 0 Å². The third kappa shape index (κ3) is 3.86. The van der Waals surface area contributed by atoms with Crippen LogP contribution in [0, 0.1) is 0 Å². The lowest BCUT2D eigenvalue weighted by atomic mass is 10.0. The maximum absolute atomic E-state index is 5.76. The van der Waals surface area contributed by atoms with E-state index in [1.165, 1.54) is 16.7 Å². The van der Waals surface area contributed by atoms with Gasteiger partial charge in [0.1, 0.15) is 5.75 Å². The second-order valence-electron chi connectivity index (χ2n) is 5.20. The highest BCUT2D eigenvalue weighted by Gasteiger charge is 2.11. The van der Waals surface area contributed by atoms with Crippen molar-refractivity contribution in [3.05, 3.63) is 65.2 Å². The first-order valence-electron chi connectivity index (χ1n) is 7.09. The molecule has 20 heavy (non-hydrogen) atoms. The monoisotopic (exact) mass is 332 g/mol. The predicted molar refractivity (Wildman–Crippen MR) is 88.8 cm³/mol. The van der Waals surface area contributed by atoms with Gasteiger partial charge in [-0.3, -0.25) is 0 Å². The van der Waals surface area contributed by atoms with E-state index in [2.05, 4.69) is 59.3 Å². The van der Waals surface area contributed by atoms with Crippen molar-refractivity contribution in [2.24, 2.45) is 0 Å². The largest absolute Gasteiger partial charge is 0.491 e. The molecule has 0 saturated carbocycles. The van der Waals surface area contributed by atoms with Crippen molar-refractivity contribution in [1.29, 1.82) is 0 Å². The molecule has 1 atom stereocenters. The average Bonchev–Trinajstić information content (AvgIpc) is 2.46.